The third-order valence-electron chi connectivity index (χ3n) is 6.74. The van der Waals surface area contributed by atoms with Crippen molar-refractivity contribution in [2.24, 2.45) is 0 Å². The molecule has 2 aliphatic rings. The van der Waals surface area contributed by atoms with E-state index < -0.39 is 12.0 Å². The second-order valence-corrected chi connectivity index (χ2v) is 8.91. The molecule has 0 atom stereocenters. The van der Waals surface area contributed by atoms with Crippen LogP contribution in [0.3, 0.4) is 0 Å². The lowest BCUT2D eigenvalue weighted by Crippen LogP contribution is -2.34. The van der Waals surface area contributed by atoms with Crippen LogP contribution in [0.15, 0.2) is 30.5 Å². The smallest absolute Gasteiger partial charge is 0.453 e. The molecule has 0 radical (unpaired) electrons. The van der Waals surface area contributed by atoms with Crippen molar-refractivity contribution in [2.75, 3.05) is 29.5 Å². The minimum atomic E-state index is -4.67. The SMILES string of the molecule is Cc1c(N2CCc3ncc(N4CCOc5ccc(F)cc54)cc3C2)nn2c(C(F)(F)F)nnc2c1C. The van der Waals surface area contributed by atoms with Gasteiger partial charge in [-0.1, -0.05) is 0 Å². The Hall–Kier alpha value is -3.96. The first-order valence-corrected chi connectivity index (χ1v) is 11.4. The summed E-state index contributed by atoms with van der Waals surface area (Å²) in [7, 11) is 0. The number of nitrogens with zero attached hydrogens (tertiary/aromatic N) is 7. The fourth-order valence-corrected chi connectivity index (χ4v) is 4.79. The molecule has 186 valence electrons. The fraction of sp³-hybridized carbons (Fsp3) is 0.333. The van der Waals surface area contributed by atoms with Gasteiger partial charge >= 0.3 is 6.18 Å². The van der Waals surface area contributed by atoms with Gasteiger partial charge in [-0.25, -0.2) is 4.39 Å². The van der Waals surface area contributed by atoms with Gasteiger partial charge in [0.2, 0.25) is 0 Å². The van der Waals surface area contributed by atoms with Gasteiger partial charge in [0.15, 0.2) is 11.5 Å². The first-order valence-electron chi connectivity index (χ1n) is 11.4. The molecule has 0 unspecified atom stereocenters. The lowest BCUT2D eigenvalue weighted by molar-refractivity contribution is -0.146. The van der Waals surface area contributed by atoms with E-state index in [1.807, 2.05) is 22.8 Å². The number of hydrogen-bond donors (Lipinski definition) is 0. The zero-order chi connectivity index (χ0) is 25.2. The summed E-state index contributed by atoms with van der Waals surface area (Å²) >= 11 is 0. The minimum Gasteiger partial charge on any atom is -0.490 e. The van der Waals surface area contributed by atoms with E-state index in [1.54, 1.807) is 19.2 Å². The number of ether oxygens (including phenoxy) is 1. The predicted octanol–water partition coefficient (Wildman–Crippen LogP) is 4.39. The molecule has 36 heavy (non-hydrogen) atoms. The van der Waals surface area contributed by atoms with Crippen molar-refractivity contribution in [1.82, 2.24) is 24.8 Å². The molecule has 6 rings (SSSR count). The second kappa shape index (κ2) is 8.04. The van der Waals surface area contributed by atoms with Gasteiger partial charge in [0.25, 0.3) is 5.82 Å². The van der Waals surface area contributed by atoms with Crippen molar-refractivity contribution in [1.29, 1.82) is 0 Å². The van der Waals surface area contributed by atoms with Crippen LogP contribution >= 0.6 is 0 Å². The number of rotatable bonds is 2. The number of anilines is 3. The molecule has 1 aromatic carbocycles. The van der Waals surface area contributed by atoms with E-state index in [9.17, 15) is 17.6 Å². The van der Waals surface area contributed by atoms with Gasteiger partial charge < -0.3 is 14.5 Å². The zero-order valence-electron chi connectivity index (χ0n) is 19.5. The van der Waals surface area contributed by atoms with Crippen LogP contribution in [0.4, 0.5) is 34.8 Å². The van der Waals surface area contributed by atoms with Crippen molar-refractivity contribution in [3.63, 3.8) is 0 Å². The third-order valence-corrected chi connectivity index (χ3v) is 6.74. The standard InChI is InChI=1S/C24H21F4N7O/c1-13-14(2)22(32-35-21(13)30-31-23(35)24(26,27)28)33-6-5-18-15(12-33)9-17(11-29-18)34-7-8-36-20-4-3-16(25)10-19(20)34/h3-4,9-11H,5-8,12H2,1-2H3. The maximum atomic E-state index is 14.0. The van der Waals surface area contributed by atoms with Crippen LogP contribution in [0, 0.1) is 19.7 Å². The normalized spacial score (nSPS) is 15.6. The van der Waals surface area contributed by atoms with Crippen molar-refractivity contribution in [3.8, 4) is 5.75 Å². The summed E-state index contributed by atoms with van der Waals surface area (Å²) in [5.74, 6) is -0.470. The average Bonchev–Trinajstić information content (AvgIpc) is 3.30. The summed E-state index contributed by atoms with van der Waals surface area (Å²) < 4.78 is 60.9. The van der Waals surface area contributed by atoms with Gasteiger partial charge in [-0.2, -0.15) is 17.7 Å². The number of alkyl halides is 3. The molecule has 0 amide bonds. The molecular weight excluding hydrogens is 478 g/mol. The lowest BCUT2D eigenvalue weighted by atomic mass is 10.0. The third kappa shape index (κ3) is 3.59. The van der Waals surface area contributed by atoms with Crippen molar-refractivity contribution < 1.29 is 22.3 Å². The summed E-state index contributed by atoms with van der Waals surface area (Å²) in [4.78, 5) is 8.55. The van der Waals surface area contributed by atoms with Crippen molar-refractivity contribution >= 4 is 22.8 Å². The Morgan fingerprint density at radius 3 is 2.67 bits per heavy atom. The van der Waals surface area contributed by atoms with Crippen LogP contribution in [0.5, 0.6) is 5.75 Å². The maximum Gasteiger partial charge on any atom is 0.453 e. The number of aromatic nitrogens is 5. The number of aryl methyl sites for hydroxylation is 1. The molecule has 0 spiro atoms. The van der Waals surface area contributed by atoms with Crippen molar-refractivity contribution in [2.45, 2.75) is 33.0 Å². The van der Waals surface area contributed by atoms with Gasteiger partial charge in [-0.3, -0.25) is 4.98 Å². The predicted molar refractivity (Wildman–Crippen MR) is 123 cm³/mol. The van der Waals surface area contributed by atoms with Gasteiger partial charge in [0.1, 0.15) is 18.2 Å². The number of halogens is 4. The minimum absolute atomic E-state index is 0.0863. The Bertz CT molecular complexity index is 1500. The monoisotopic (exact) mass is 499 g/mol. The molecule has 2 aliphatic heterocycles. The van der Waals surface area contributed by atoms with Crippen LogP contribution in [-0.2, 0) is 19.1 Å². The van der Waals surface area contributed by atoms with E-state index in [4.69, 9.17) is 4.74 Å². The van der Waals surface area contributed by atoms with E-state index in [-0.39, 0.29) is 11.5 Å². The summed E-state index contributed by atoms with van der Waals surface area (Å²) in [6.07, 6.45) is -2.30. The largest absolute Gasteiger partial charge is 0.490 e. The Labute approximate surface area is 203 Å². The highest BCUT2D eigenvalue weighted by Crippen LogP contribution is 2.38. The Kier molecular flexibility index (Phi) is 5.02. The van der Waals surface area contributed by atoms with E-state index in [0.29, 0.717) is 55.5 Å². The van der Waals surface area contributed by atoms with Crippen LogP contribution in [0.2, 0.25) is 0 Å². The van der Waals surface area contributed by atoms with Crippen LogP contribution in [0.1, 0.15) is 28.2 Å². The lowest BCUT2D eigenvalue weighted by Gasteiger charge is -2.34. The van der Waals surface area contributed by atoms with Gasteiger partial charge in [-0.15, -0.1) is 15.3 Å². The van der Waals surface area contributed by atoms with Crippen LogP contribution in [0.25, 0.3) is 5.65 Å². The Morgan fingerprint density at radius 2 is 1.86 bits per heavy atom. The van der Waals surface area contributed by atoms with E-state index >= 15 is 0 Å². The number of hydrogen-bond acceptors (Lipinski definition) is 7. The summed E-state index contributed by atoms with van der Waals surface area (Å²) in [6, 6.07) is 6.40. The summed E-state index contributed by atoms with van der Waals surface area (Å²) in [5, 5.41) is 11.4. The molecule has 3 aromatic heterocycles. The van der Waals surface area contributed by atoms with Gasteiger partial charge in [0.05, 0.1) is 24.1 Å². The second-order valence-electron chi connectivity index (χ2n) is 8.91. The molecule has 4 aromatic rings. The molecule has 0 saturated heterocycles. The highest BCUT2D eigenvalue weighted by Gasteiger charge is 2.38. The summed E-state index contributed by atoms with van der Waals surface area (Å²) in [5.41, 5.74) is 4.69. The number of benzene rings is 1. The fourth-order valence-electron chi connectivity index (χ4n) is 4.79. The molecule has 0 saturated carbocycles. The average molecular weight is 499 g/mol. The van der Waals surface area contributed by atoms with Crippen LogP contribution < -0.4 is 14.5 Å². The topological polar surface area (TPSA) is 71.7 Å². The molecular formula is C24H21F4N7O. The molecule has 0 bridgehead atoms. The molecule has 12 heteroatoms. The highest BCUT2D eigenvalue weighted by atomic mass is 19.4. The highest BCUT2D eigenvalue weighted by molar-refractivity contribution is 5.71. The summed E-state index contributed by atoms with van der Waals surface area (Å²) in [6.45, 7) is 5.49. The van der Waals surface area contributed by atoms with Crippen LogP contribution in [-0.4, -0.2) is 44.5 Å². The molecule has 0 N–H and O–H groups in total. The quantitative estimate of drug-likeness (QED) is 0.379. The van der Waals surface area contributed by atoms with E-state index in [1.165, 1.54) is 12.1 Å². The van der Waals surface area contributed by atoms with E-state index in [2.05, 4.69) is 20.3 Å². The first-order chi connectivity index (χ1) is 17.2. The van der Waals surface area contributed by atoms with Gasteiger partial charge in [-0.05, 0) is 37.6 Å². The number of pyridine rings is 1. The first kappa shape index (κ1) is 22.5. The Morgan fingerprint density at radius 1 is 1.03 bits per heavy atom. The van der Waals surface area contributed by atoms with Crippen molar-refractivity contribution in [3.05, 3.63) is 64.5 Å². The molecule has 0 fully saturated rings. The maximum absolute atomic E-state index is 14.0. The van der Waals surface area contributed by atoms with E-state index in [0.717, 1.165) is 27.0 Å². The molecule has 8 nitrogen and oxygen atoms in total. The molecule has 0 aliphatic carbocycles. The van der Waals surface area contributed by atoms with Gasteiger partial charge in [0, 0.05) is 42.4 Å². The Balaban J connectivity index is 1.37. The molecule has 5 heterocycles. The number of fused-ring (bicyclic) bond motifs is 3. The zero-order valence-corrected chi connectivity index (χ0v) is 19.5.